The Morgan fingerprint density at radius 2 is 1.02 bits per heavy atom. The van der Waals surface area contributed by atoms with Gasteiger partial charge < -0.3 is 65.7 Å². The minimum atomic E-state index is -0.543. The van der Waals surface area contributed by atoms with Crippen LogP contribution in [0.25, 0.3) is 0 Å². The molecule has 10 nitrogen and oxygen atoms in total. The second kappa shape index (κ2) is 35.2. The summed E-state index contributed by atoms with van der Waals surface area (Å²) in [5, 5.41) is 3.90. The van der Waals surface area contributed by atoms with E-state index in [1.807, 2.05) is 45.0 Å². The molecule has 544 valence electrons. The predicted molar refractivity (Wildman–Crippen MR) is 417 cm³/mol. The smallest absolute Gasteiger partial charge is 0.332 e. The number of anilines is 2. The van der Waals surface area contributed by atoms with E-state index in [1.165, 1.54) is 90.1 Å². The van der Waals surface area contributed by atoms with Gasteiger partial charge in [0.05, 0.1) is 17.3 Å². The molecule has 0 atom stereocenters. The van der Waals surface area contributed by atoms with Crippen LogP contribution in [-0.2, 0) is 47.1 Å². The minimum absolute atomic E-state index is 0. The maximum atomic E-state index is 12.8. The molecule has 0 saturated heterocycles. The highest BCUT2D eigenvalue weighted by atomic mass is 127. The summed E-state index contributed by atoms with van der Waals surface area (Å²) in [5.41, 5.74) is 21.1. The molecule has 1 amide bonds. The number of para-hydroxylation sites is 4. The van der Waals surface area contributed by atoms with Crippen molar-refractivity contribution in [1.82, 2.24) is 5.32 Å². The van der Waals surface area contributed by atoms with Gasteiger partial charge in [-0.15, -0.1) is 0 Å². The van der Waals surface area contributed by atoms with Gasteiger partial charge in [-0.05, 0) is 188 Å². The number of benzene rings is 5. The maximum absolute atomic E-state index is 12.8. The van der Waals surface area contributed by atoms with Gasteiger partial charge in [0.25, 0.3) is 0 Å². The lowest BCUT2D eigenvalue weighted by Gasteiger charge is -2.27. The van der Waals surface area contributed by atoms with E-state index in [-0.39, 0.29) is 77.0 Å². The number of nitrogens with zero attached hydrogens (tertiary/aromatic N) is 4. The summed E-state index contributed by atoms with van der Waals surface area (Å²) in [6.07, 6.45) is 29.8. The predicted octanol–water partition coefficient (Wildman–Crippen LogP) is 14.7. The summed E-state index contributed by atoms with van der Waals surface area (Å²) in [4.78, 5) is 29.7. The average molecular weight is 1530 g/mol. The van der Waals surface area contributed by atoms with Gasteiger partial charge in [0.15, 0.2) is 11.4 Å². The summed E-state index contributed by atoms with van der Waals surface area (Å²) >= 11 is 7.13. The number of rotatable bonds is 24. The van der Waals surface area contributed by atoms with Crippen LogP contribution in [0.2, 0.25) is 0 Å². The van der Waals surface area contributed by atoms with Crippen LogP contribution >= 0.6 is 11.6 Å². The van der Waals surface area contributed by atoms with Crippen molar-refractivity contribution in [1.29, 1.82) is 0 Å². The molecule has 4 aliphatic heterocycles. The molecule has 11 rings (SSSR count). The fourth-order valence-corrected chi connectivity index (χ4v) is 16.0. The SMILES string of the molecule is CCCN1/C(=C/C=C2\CCCC(/C=C/C3=[N+](CCC)c4ccccc4C3(C)C)=C2Cl)C(C)(C)c2ccccc21.CCCN1/C(=C/C=C2\CCCC(/C=C/C3=[N+](CCC)c4ccccc4C3(C)C)=C2Oc2ccc(CC(=O)NCCCOCC(=O)OC(C)(C)C)cc2)C(C)(C)c2ccccc21.[Cl-].[I-]. The van der Waals surface area contributed by atoms with Crippen molar-refractivity contribution < 1.29 is 69.3 Å². The molecule has 13 heteroatoms. The quantitative estimate of drug-likeness (QED) is 0.0285. The van der Waals surface area contributed by atoms with Crippen molar-refractivity contribution in [3.63, 3.8) is 0 Å². The molecule has 0 saturated carbocycles. The number of ether oxygens (including phenoxy) is 3. The number of allylic oxidation sites excluding steroid dienone is 15. The first-order valence-corrected chi connectivity index (χ1v) is 37.6. The van der Waals surface area contributed by atoms with Crippen LogP contribution in [-0.4, -0.2) is 84.0 Å². The highest BCUT2D eigenvalue weighted by Crippen LogP contribution is 2.50. The Balaban J connectivity index is 0.000000278. The van der Waals surface area contributed by atoms with Gasteiger partial charge in [-0.3, -0.25) is 4.79 Å². The fraction of sp³-hybridized carbons (Fsp3) is 0.438. The van der Waals surface area contributed by atoms with E-state index >= 15 is 0 Å². The van der Waals surface area contributed by atoms with Crippen LogP contribution in [0.5, 0.6) is 5.75 Å². The lowest BCUT2D eigenvalue weighted by molar-refractivity contribution is -0.437. The Hall–Kier alpha value is -7.03. The molecule has 0 radical (unpaired) electrons. The summed E-state index contributed by atoms with van der Waals surface area (Å²) in [6, 6.07) is 43.2. The first kappa shape index (κ1) is 80.7. The molecule has 0 fully saturated rings. The number of fused-ring (bicyclic) bond motifs is 4. The van der Waals surface area contributed by atoms with Gasteiger partial charge >= 0.3 is 5.97 Å². The molecular weight excluding hydrogens is 1420 g/mol. The van der Waals surface area contributed by atoms with Crippen molar-refractivity contribution >= 4 is 57.7 Å². The van der Waals surface area contributed by atoms with E-state index in [2.05, 4.69) is 253 Å². The van der Waals surface area contributed by atoms with Crippen molar-refractivity contribution in [3.05, 3.63) is 242 Å². The number of nitrogens with one attached hydrogen (secondary N) is 1. The topological polar surface area (TPSA) is 86.4 Å². The normalized spacial score (nSPS) is 19.3. The third-order valence-corrected chi connectivity index (χ3v) is 21.1. The van der Waals surface area contributed by atoms with Crippen LogP contribution in [0.3, 0.4) is 0 Å². The Labute approximate surface area is 639 Å². The number of carbonyl (C=O) groups excluding carboxylic acids is 2. The Bertz CT molecular complexity index is 4160. The molecule has 1 N–H and O–H groups in total. The highest BCUT2D eigenvalue weighted by Gasteiger charge is 2.46. The molecule has 2 aliphatic carbocycles. The molecule has 0 spiro atoms. The van der Waals surface area contributed by atoms with Crippen LogP contribution in [0.1, 0.15) is 202 Å². The van der Waals surface area contributed by atoms with Crippen LogP contribution in [0, 0.1) is 0 Å². The van der Waals surface area contributed by atoms with Gasteiger partial charge in [-0.25, -0.2) is 4.79 Å². The molecule has 5 aromatic carbocycles. The summed E-state index contributed by atoms with van der Waals surface area (Å²) in [7, 11) is 0. The van der Waals surface area contributed by atoms with Crippen molar-refractivity contribution in [2.45, 2.75) is 208 Å². The molecule has 6 aliphatic rings. The Kier molecular flexibility index (Phi) is 27.8. The van der Waals surface area contributed by atoms with Crippen LogP contribution < -0.4 is 56.2 Å². The number of hydrogen-bond acceptors (Lipinski definition) is 7. The molecule has 0 unspecified atom stereocenters. The fourth-order valence-electron chi connectivity index (χ4n) is 15.7. The van der Waals surface area contributed by atoms with Crippen LogP contribution in [0.15, 0.2) is 214 Å². The van der Waals surface area contributed by atoms with Crippen LogP contribution in [0.4, 0.5) is 22.7 Å². The van der Waals surface area contributed by atoms with Gasteiger partial charge in [-0.2, -0.15) is 9.15 Å². The number of halogens is 3. The average Bonchev–Trinajstić information content (AvgIpc) is 1.62. The Morgan fingerprint density at radius 3 is 1.52 bits per heavy atom. The molecule has 0 aromatic heterocycles. The van der Waals surface area contributed by atoms with E-state index in [9.17, 15) is 9.59 Å². The third kappa shape index (κ3) is 18.0. The first-order valence-electron chi connectivity index (χ1n) is 37.2. The van der Waals surface area contributed by atoms with Gasteiger partial charge in [-0.1, -0.05) is 170 Å². The molecule has 5 aromatic rings. The second-order valence-corrected chi connectivity index (χ2v) is 31.1. The number of carbonyl (C=O) groups is 2. The monoisotopic (exact) mass is 1530 g/mol. The number of hydrogen-bond donors (Lipinski definition) is 1. The zero-order chi connectivity index (χ0) is 71.6. The lowest BCUT2D eigenvalue weighted by atomic mass is 9.81. The molecular formula is C89H112Cl2IN5O5. The van der Waals surface area contributed by atoms with Gasteiger partial charge in [0.1, 0.15) is 36.8 Å². The number of esters is 1. The van der Waals surface area contributed by atoms with Gasteiger partial charge in [0.2, 0.25) is 17.3 Å². The van der Waals surface area contributed by atoms with E-state index in [0.29, 0.717) is 19.6 Å². The first-order chi connectivity index (χ1) is 47.8. The number of amides is 1. The zero-order valence-electron chi connectivity index (χ0n) is 63.6. The minimum Gasteiger partial charge on any atom is -1.00 e. The second-order valence-electron chi connectivity index (χ2n) is 30.8. The van der Waals surface area contributed by atoms with Crippen molar-refractivity contribution in [3.8, 4) is 5.75 Å². The van der Waals surface area contributed by atoms with Crippen molar-refractivity contribution in [2.75, 3.05) is 55.7 Å². The van der Waals surface area contributed by atoms with E-state index < -0.39 is 11.6 Å². The maximum Gasteiger partial charge on any atom is 0.332 e. The third-order valence-electron chi connectivity index (χ3n) is 20.6. The van der Waals surface area contributed by atoms with E-state index in [0.717, 1.165) is 112 Å². The molecule has 102 heavy (non-hydrogen) atoms. The Morgan fingerprint density at radius 1 is 0.559 bits per heavy atom. The lowest BCUT2D eigenvalue weighted by Crippen LogP contribution is -3.00. The van der Waals surface area contributed by atoms with E-state index in [1.54, 1.807) is 0 Å². The summed E-state index contributed by atoms with van der Waals surface area (Å²) in [5.74, 6) is 1.19. The summed E-state index contributed by atoms with van der Waals surface area (Å²) < 4.78 is 22.6. The van der Waals surface area contributed by atoms with Gasteiger partial charge in [0, 0.05) is 113 Å². The summed E-state index contributed by atoms with van der Waals surface area (Å²) in [6.45, 7) is 37.9. The molecule has 0 bridgehead atoms. The van der Waals surface area contributed by atoms with E-state index in [4.69, 9.17) is 25.8 Å². The van der Waals surface area contributed by atoms with Crippen molar-refractivity contribution in [2.24, 2.45) is 0 Å². The zero-order valence-corrected chi connectivity index (χ0v) is 67.2. The highest BCUT2D eigenvalue weighted by molar-refractivity contribution is 6.32. The standard InChI is InChI=1S/C53H67N3O5.C36H44ClN2.ClH.HI/c1-10-33-55-44-22-14-12-20-42(44)52(6,7)46(55)30-26-39-18-16-19-40(27-31-47-53(8,9)43-21-13-15-23-45(43)56(47)34-11-2)50(39)60-41-28-24-38(25-29-41)36-48(57)54-32-17-35-59-37-49(58)61-51(3,4)5;1-7-24-38-30-18-11-9-16-28(30)35(3,4)32(38)22-20-26-14-13-15-27(34(26)37)21-23-33-36(5,6)29-17-10-12-19-31(29)39(33)25-8-2;;/h12-15,20-31H,10-11,16-19,32-37H2,1-9H3;9-12,16-23H,7-8,13-15,24-25H2,1-6H3;2*1H/q;+1;;/p-1. The molecule has 4 heterocycles. The largest absolute Gasteiger partial charge is 1.00 e.